The molecular formula is C16H15ClO. The van der Waals surface area contributed by atoms with Gasteiger partial charge in [-0.2, -0.15) is 0 Å². The van der Waals surface area contributed by atoms with Crippen LogP contribution in [0.4, 0.5) is 0 Å². The largest absolute Gasteiger partial charge is 0.289 e. The Balaban J connectivity index is 2.41. The molecule has 0 radical (unpaired) electrons. The van der Waals surface area contributed by atoms with E-state index in [0.717, 1.165) is 17.5 Å². The quantitative estimate of drug-likeness (QED) is 0.744. The van der Waals surface area contributed by atoms with Crippen molar-refractivity contribution in [1.82, 2.24) is 0 Å². The van der Waals surface area contributed by atoms with Gasteiger partial charge in [0, 0.05) is 16.1 Å². The van der Waals surface area contributed by atoms with Crippen molar-refractivity contribution in [3.05, 3.63) is 69.7 Å². The highest BCUT2D eigenvalue weighted by molar-refractivity contribution is 6.30. The summed E-state index contributed by atoms with van der Waals surface area (Å²) >= 11 is 5.90. The molecule has 0 saturated heterocycles. The molecule has 0 aromatic heterocycles. The maximum absolute atomic E-state index is 12.4. The Kier molecular flexibility index (Phi) is 3.83. The number of rotatable bonds is 3. The molecule has 0 aliphatic rings. The van der Waals surface area contributed by atoms with Crippen LogP contribution in [0.2, 0.25) is 5.02 Å². The molecule has 0 aliphatic carbocycles. The Labute approximate surface area is 112 Å². The maximum atomic E-state index is 12.4. The summed E-state index contributed by atoms with van der Waals surface area (Å²) in [4.78, 5) is 12.4. The third-order valence-corrected chi connectivity index (χ3v) is 3.27. The lowest BCUT2D eigenvalue weighted by atomic mass is 9.97. The lowest BCUT2D eigenvalue weighted by Crippen LogP contribution is -2.04. The van der Waals surface area contributed by atoms with Gasteiger partial charge >= 0.3 is 0 Å². The molecule has 0 heterocycles. The predicted molar refractivity (Wildman–Crippen MR) is 75.4 cm³/mol. The van der Waals surface area contributed by atoms with Crippen molar-refractivity contribution in [2.24, 2.45) is 0 Å². The molecule has 0 spiro atoms. The highest BCUT2D eigenvalue weighted by Gasteiger charge is 2.12. The number of hydrogen-bond acceptors (Lipinski definition) is 1. The zero-order valence-corrected chi connectivity index (χ0v) is 11.3. The molecule has 0 amide bonds. The highest BCUT2D eigenvalue weighted by atomic mass is 35.5. The number of ketones is 1. The molecule has 0 fully saturated rings. The van der Waals surface area contributed by atoms with Gasteiger partial charge in [-0.15, -0.1) is 0 Å². The highest BCUT2D eigenvalue weighted by Crippen LogP contribution is 2.19. The van der Waals surface area contributed by atoms with Gasteiger partial charge in [0.25, 0.3) is 0 Å². The average Bonchev–Trinajstić information content (AvgIpc) is 2.38. The number of carbonyl (C=O) groups excluding carboxylic acids is 1. The number of carbonyl (C=O) groups is 1. The fraction of sp³-hybridized carbons (Fsp3) is 0.188. The van der Waals surface area contributed by atoms with Gasteiger partial charge in [-0.25, -0.2) is 0 Å². The van der Waals surface area contributed by atoms with E-state index in [-0.39, 0.29) is 5.78 Å². The van der Waals surface area contributed by atoms with Crippen LogP contribution in [-0.2, 0) is 6.42 Å². The molecular weight excluding hydrogens is 244 g/mol. The third-order valence-electron chi connectivity index (χ3n) is 3.03. The third kappa shape index (κ3) is 2.62. The van der Waals surface area contributed by atoms with E-state index in [1.54, 1.807) is 12.1 Å². The second-order valence-corrected chi connectivity index (χ2v) is 4.78. The van der Waals surface area contributed by atoms with Gasteiger partial charge in [-0.1, -0.05) is 36.7 Å². The van der Waals surface area contributed by atoms with Crippen LogP contribution in [0.15, 0.2) is 42.5 Å². The summed E-state index contributed by atoms with van der Waals surface area (Å²) in [5.41, 5.74) is 3.54. The monoisotopic (exact) mass is 258 g/mol. The molecule has 0 bridgehead atoms. The van der Waals surface area contributed by atoms with Gasteiger partial charge in [0.1, 0.15) is 0 Å². The van der Waals surface area contributed by atoms with E-state index in [1.807, 2.05) is 37.3 Å². The van der Waals surface area contributed by atoms with Crippen molar-refractivity contribution < 1.29 is 4.79 Å². The van der Waals surface area contributed by atoms with E-state index < -0.39 is 0 Å². The Bertz CT molecular complexity index is 587. The van der Waals surface area contributed by atoms with E-state index in [2.05, 4.69) is 6.92 Å². The summed E-state index contributed by atoms with van der Waals surface area (Å²) < 4.78 is 0. The minimum atomic E-state index is 0.0551. The Morgan fingerprint density at radius 1 is 1.17 bits per heavy atom. The number of hydrogen-bond donors (Lipinski definition) is 0. The molecule has 0 aliphatic heterocycles. The van der Waals surface area contributed by atoms with Crippen LogP contribution in [0.25, 0.3) is 0 Å². The van der Waals surface area contributed by atoms with Crippen LogP contribution in [0.5, 0.6) is 0 Å². The van der Waals surface area contributed by atoms with Crippen molar-refractivity contribution in [3.8, 4) is 0 Å². The van der Waals surface area contributed by atoms with Crippen molar-refractivity contribution in [1.29, 1.82) is 0 Å². The second-order valence-electron chi connectivity index (χ2n) is 4.34. The molecule has 0 atom stereocenters. The molecule has 18 heavy (non-hydrogen) atoms. The fourth-order valence-electron chi connectivity index (χ4n) is 1.97. The zero-order chi connectivity index (χ0) is 13.1. The second kappa shape index (κ2) is 5.36. The van der Waals surface area contributed by atoms with Crippen LogP contribution >= 0.6 is 11.6 Å². The minimum Gasteiger partial charge on any atom is -0.289 e. The van der Waals surface area contributed by atoms with Gasteiger partial charge < -0.3 is 0 Å². The molecule has 1 nitrogen and oxygen atoms in total. The summed E-state index contributed by atoms with van der Waals surface area (Å²) in [6.07, 6.45) is 0.931. The first-order chi connectivity index (χ1) is 8.61. The first-order valence-electron chi connectivity index (χ1n) is 6.01. The van der Waals surface area contributed by atoms with E-state index in [1.165, 1.54) is 5.56 Å². The molecule has 2 rings (SSSR count). The molecule has 0 saturated carbocycles. The summed E-state index contributed by atoms with van der Waals surface area (Å²) in [5, 5.41) is 0.659. The summed E-state index contributed by atoms with van der Waals surface area (Å²) in [6.45, 7) is 3.99. The first kappa shape index (κ1) is 12.8. The van der Waals surface area contributed by atoms with Gasteiger partial charge in [-0.3, -0.25) is 4.79 Å². The standard InChI is InChI=1S/C16H15ClO/c1-3-12-5-4-6-13(10-12)16(18)15-8-7-14(17)9-11(15)2/h4-10H,3H2,1-2H3. The molecule has 2 aromatic carbocycles. The number of benzene rings is 2. The van der Waals surface area contributed by atoms with E-state index in [4.69, 9.17) is 11.6 Å². The lowest BCUT2D eigenvalue weighted by molar-refractivity contribution is 0.103. The van der Waals surface area contributed by atoms with Crippen molar-refractivity contribution in [3.63, 3.8) is 0 Å². The Morgan fingerprint density at radius 3 is 2.61 bits per heavy atom. The average molecular weight is 259 g/mol. The maximum Gasteiger partial charge on any atom is 0.193 e. The zero-order valence-electron chi connectivity index (χ0n) is 10.5. The van der Waals surface area contributed by atoms with Crippen LogP contribution in [-0.4, -0.2) is 5.78 Å². The van der Waals surface area contributed by atoms with Crippen molar-refractivity contribution in [2.75, 3.05) is 0 Å². The van der Waals surface area contributed by atoms with E-state index in [0.29, 0.717) is 10.6 Å². The molecule has 0 unspecified atom stereocenters. The number of halogens is 1. The Morgan fingerprint density at radius 2 is 1.94 bits per heavy atom. The summed E-state index contributed by atoms with van der Waals surface area (Å²) in [7, 11) is 0. The molecule has 2 heteroatoms. The molecule has 0 N–H and O–H groups in total. The van der Waals surface area contributed by atoms with Crippen LogP contribution < -0.4 is 0 Å². The van der Waals surface area contributed by atoms with E-state index in [9.17, 15) is 4.79 Å². The fourth-order valence-corrected chi connectivity index (χ4v) is 2.20. The van der Waals surface area contributed by atoms with Crippen LogP contribution in [0, 0.1) is 6.92 Å². The SMILES string of the molecule is CCc1cccc(C(=O)c2ccc(Cl)cc2C)c1. The normalized spacial score (nSPS) is 10.4. The van der Waals surface area contributed by atoms with Gasteiger partial charge in [0.05, 0.1) is 0 Å². The molecule has 92 valence electrons. The predicted octanol–water partition coefficient (Wildman–Crippen LogP) is 4.44. The van der Waals surface area contributed by atoms with E-state index >= 15 is 0 Å². The van der Waals surface area contributed by atoms with Crippen molar-refractivity contribution >= 4 is 17.4 Å². The Hall–Kier alpha value is -1.60. The van der Waals surface area contributed by atoms with Crippen molar-refractivity contribution in [2.45, 2.75) is 20.3 Å². The number of aryl methyl sites for hydroxylation is 2. The van der Waals surface area contributed by atoms with Gasteiger partial charge in [0.2, 0.25) is 0 Å². The molecule has 2 aromatic rings. The smallest absolute Gasteiger partial charge is 0.193 e. The summed E-state index contributed by atoms with van der Waals surface area (Å²) in [6, 6.07) is 13.1. The minimum absolute atomic E-state index is 0.0551. The van der Waals surface area contributed by atoms with Gasteiger partial charge in [-0.05, 0) is 48.7 Å². The summed E-state index contributed by atoms with van der Waals surface area (Å²) in [5.74, 6) is 0.0551. The van der Waals surface area contributed by atoms with Crippen LogP contribution in [0.1, 0.15) is 34.0 Å². The first-order valence-corrected chi connectivity index (χ1v) is 6.39. The van der Waals surface area contributed by atoms with Crippen LogP contribution in [0.3, 0.4) is 0 Å². The van der Waals surface area contributed by atoms with Gasteiger partial charge in [0.15, 0.2) is 5.78 Å². The topological polar surface area (TPSA) is 17.1 Å². The lowest BCUT2D eigenvalue weighted by Gasteiger charge is -2.06.